The van der Waals surface area contributed by atoms with Crippen LogP contribution in [0.2, 0.25) is 19.6 Å². The van der Waals surface area contributed by atoms with Crippen LogP contribution in [0.1, 0.15) is 26.7 Å². The molecule has 92 valence electrons. The van der Waals surface area contributed by atoms with Gasteiger partial charge in [0.25, 0.3) is 5.91 Å². The molecule has 4 nitrogen and oxygen atoms in total. The Morgan fingerprint density at radius 1 is 1.31 bits per heavy atom. The molecular formula is C11H22N2O2Si. The molecule has 1 aliphatic heterocycles. The fourth-order valence-corrected chi connectivity index (χ4v) is 2.76. The first kappa shape index (κ1) is 13.2. The van der Waals surface area contributed by atoms with E-state index in [1.165, 1.54) is 5.01 Å². The Kier molecular flexibility index (Phi) is 3.47. The summed E-state index contributed by atoms with van der Waals surface area (Å²) >= 11 is 0. The van der Waals surface area contributed by atoms with E-state index in [9.17, 15) is 4.79 Å². The van der Waals surface area contributed by atoms with Crippen LogP contribution >= 0.6 is 0 Å². The van der Waals surface area contributed by atoms with Crippen LogP contribution in [0.25, 0.3) is 0 Å². The first-order valence-corrected chi connectivity index (χ1v) is 9.24. The van der Waals surface area contributed by atoms with Gasteiger partial charge in [-0.05, 0) is 32.5 Å². The number of nitrogens with zero attached hydrogens (tertiary/aromatic N) is 2. The van der Waals surface area contributed by atoms with Gasteiger partial charge in [0, 0.05) is 7.05 Å². The van der Waals surface area contributed by atoms with Crippen LogP contribution < -0.4 is 0 Å². The lowest BCUT2D eigenvalue weighted by atomic mass is 9.82. The summed E-state index contributed by atoms with van der Waals surface area (Å²) in [6.07, 6.45) is 1.49. The molecule has 1 amide bonds. The Bertz CT molecular complexity index is 316. The van der Waals surface area contributed by atoms with E-state index in [1.807, 2.05) is 13.8 Å². The number of carbonyl (C=O) groups is 1. The molecule has 1 rings (SSSR count). The monoisotopic (exact) mass is 242 g/mol. The number of amides is 1. The number of hydrogen-bond acceptors (Lipinski definition) is 3. The van der Waals surface area contributed by atoms with Crippen LogP contribution in [0.4, 0.5) is 0 Å². The zero-order valence-corrected chi connectivity index (χ0v) is 12.1. The van der Waals surface area contributed by atoms with E-state index >= 15 is 0 Å². The van der Waals surface area contributed by atoms with Crippen molar-refractivity contribution in [1.29, 1.82) is 0 Å². The molecule has 0 aromatic heterocycles. The van der Waals surface area contributed by atoms with Crippen LogP contribution in [0.15, 0.2) is 5.10 Å². The number of hydrazone groups is 1. The van der Waals surface area contributed by atoms with E-state index in [1.54, 1.807) is 7.05 Å². The van der Waals surface area contributed by atoms with Crippen molar-refractivity contribution in [2.45, 2.75) is 46.3 Å². The molecule has 0 saturated carbocycles. The van der Waals surface area contributed by atoms with E-state index in [4.69, 9.17) is 4.43 Å². The SMILES string of the molecule is CCC1(CC)C(=O)N(C)N=C1O[Si](C)(C)C. The van der Waals surface area contributed by atoms with E-state index in [0.717, 1.165) is 12.8 Å². The van der Waals surface area contributed by atoms with Gasteiger partial charge in [-0.15, -0.1) is 5.10 Å². The number of hydrogen-bond donors (Lipinski definition) is 0. The van der Waals surface area contributed by atoms with E-state index in [0.29, 0.717) is 5.90 Å². The van der Waals surface area contributed by atoms with Gasteiger partial charge in [-0.1, -0.05) is 13.8 Å². The van der Waals surface area contributed by atoms with Gasteiger partial charge >= 0.3 is 0 Å². The molecule has 0 fully saturated rings. The Labute approximate surface area is 98.8 Å². The van der Waals surface area contributed by atoms with Gasteiger partial charge in [-0.3, -0.25) is 4.79 Å². The van der Waals surface area contributed by atoms with Crippen LogP contribution in [-0.4, -0.2) is 32.2 Å². The fraction of sp³-hybridized carbons (Fsp3) is 0.818. The Morgan fingerprint density at radius 3 is 2.19 bits per heavy atom. The van der Waals surface area contributed by atoms with Crippen molar-refractivity contribution in [3.8, 4) is 0 Å². The predicted molar refractivity (Wildman–Crippen MR) is 67.7 cm³/mol. The highest BCUT2D eigenvalue weighted by Gasteiger charge is 2.49. The first-order valence-electron chi connectivity index (χ1n) is 5.83. The number of carbonyl (C=O) groups excluding carboxylic acids is 1. The Hall–Kier alpha value is -0.843. The van der Waals surface area contributed by atoms with E-state index in [-0.39, 0.29) is 5.91 Å². The predicted octanol–water partition coefficient (Wildman–Crippen LogP) is 2.43. The molecule has 0 radical (unpaired) electrons. The summed E-state index contributed by atoms with van der Waals surface area (Å²) in [5.74, 6) is 0.690. The first-order chi connectivity index (χ1) is 7.27. The normalized spacial score (nSPS) is 20.0. The Balaban J connectivity index is 3.06. The summed E-state index contributed by atoms with van der Waals surface area (Å²) in [4.78, 5) is 12.1. The molecule has 0 spiro atoms. The topological polar surface area (TPSA) is 41.9 Å². The minimum atomic E-state index is -1.71. The molecule has 0 aromatic rings. The molecule has 0 aliphatic carbocycles. The second kappa shape index (κ2) is 4.20. The highest BCUT2D eigenvalue weighted by molar-refractivity contribution is 6.71. The van der Waals surface area contributed by atoms with Crippen molar-refractivity contribution in [2.24, 2.45) is 10.5 Å². The molecule has 16 heavy (non-hydrogen) atoms. The van der Waals surface area contributed by atoms with Crippen LogP contribution in [-0.2, 0) is 9.22 Å². The second-order valence-electron chi connectivity index (χ2n) is 5.24. The molecule has 5 heteroatoms. The Morgan fingerprint density at radius 2 is 1.81 bits per heavy atom. The van der Waals surface area contributed by atoms with Gasteiger partial charge < -0.3 is 4.43 Å². The lowest BCUT2D eigenvalue weighted by molar-refractivity contribution is -0.135. The van der Waals surface area contributed by atoms with Gasteiger partial charge in [0.2, 0.25) is 14.2 Å². The van der Waals surface area contributed by atoms with Gasteiger partial charge in [-0.2, -0.15) is 0 Å². The quantitative estimate of drug-likeness (QED) is 0.713. The van der Waals surface area contributed by atoms with Gasteiger partial charge in [-0.25, -0.2) is 5.01 Å². The van der Waals surface area contributed by atoms with Crippen molar-refractivity contribution in [3.63, 3.8) is 0 Å². The molecule has 1 heterocycles. The van der Waals surface area contributed by atoms with Crippen molar-refractivity contribution in [3.05, 3.63) is 0 Å². The summed E-state index contributed by atoms with van der Waals surface area (Å²) in [7, 11) is -0.0151. The van der Waals surface area contributed by atoms with Gasteiger partial charge in [0.15, 0.2) is 0 Å². The standard InChI is InChI=1S/C11H22N2O2Si/c1-7-11(8-2)9(15-16(4,5)6)12-13(3)10(11)14/h7-8H2,1-6H3. The van der Waals surface area contributed by atoms with Crippen molar-refractivity contribution < 1.29 is 9.22 Å². The van der Waals surface area contributed by atoms with Gasteiger partial charge in [0.1, 0.15) is 5.41 Å². The van der Waals surface area contributed by atoms with Crippen LogP contribution in [0.3, 0.4) is 0 Å². The summed E-state index contributed by atoms with van der Waals surface area (Å²) in [5, 5.41) is 5.68. The van der Waals surface area contributed by atoms with Crippen LogP contribution in [0.5, 0.6) is 0 Å². The number of rotatable bonds is 3. The molecule has 0 aromatic carbocycles. The molecule has 0 atom stereocenters. The van der Waals surface area contributed by atoms with Gasteiger partial charge in [0.05, 0.1) is 0 Å². The minimum absolute atomic E-state index is 0.0609. The average molecular weight is 242 g/mol. The molecule has 1 aliphatic rings. The van der Waals surface area contributed by atoms with Crippen molar-refractivity contribution in [2.75, 3.05) is 7.05 Å². The van der Waals surface area contributed by atoms with Crippen molar-refractivity contribution in [1.82, 2.24) is 5.01 Å². The largest absolute Gasteiger partial charge is 0.533 e. The smallest absolute Gasteiger partial charge is 0.258 e. The summed E-state index contributed by atoms with van der Waals surface area (Å²) in [5.41, 5.74) is -0.519. The zero-order chi connectivity index (χ0) is 12.6. The average Bonchev–Trinajstić information content (AvgIpc) is 2.38. The summed E-state index contributed by atoms with van der Waals surface area (Å²) < 4.78 is 5.96. The maximum Gasteiger partial charge on any atom is 0.258 e. The highest BCUT2D eigenvalue weighted by atomic mass is 28.4. The summed E-state index contributed by atoms with van der Waals surface area (Å²) in [6.45, 7) is 10.4. The maximum atomic E-state index is 12.1. The third-order valence-corrected chi connectivity index (χ3v) is 3.77. The van der Waals surface area contributed by atoms with E-state index < -0.39 is 13.7 Å². The summed E-state index contributed by atoms with van der Waals surface area (Å²) in [6, 6.07) is 0. The molecule has 0 unspecified atom stereocenters. The zero-order valence-electron chi connectivity index (χ0n) is 11.1. The molecule has 0 bridgehead atoms. The molecular weight excluding hydrogens is 220 g/mol. The molecule has 0 N–H and O–H groups in total. The van der Waals surface area contributed by atoms with Crippen molar-refractivity contribution >= 4 is 20.1 Å². The third-order valence-electron chi connectivity index (χ3n) is 2.96. The third kappa shape index (κ3) is 2.14. The minimum Gasteiger partial charge on any atom is -0.533 e. The lowest BCUT2D eigenvalue weighted by Crippen LogP contribution is -2.42. The lowest BCUT2D eigenvalue weighted by Gasteiger charge is -2.29. The van der Waals surface area contributed by atoms with Crippen LogP contribution in [0, 0.1) is 5.41 Å². The maximum absolute atomic E-state index is 12.1. The second-order valence-corrected chi connectivity index (χ2v) is 9.67. The highest BCUT2D eigenvalue weighted by Crippen LogP contribution is 2.36. The van der Waals surface area contributed by atoms with E-state index in [2.05, 4.69) is 24.7 Å². The fourth-order valence-electron chi connectivity index (χ4n) is 1.94. The molecule has 0 saturated heterocycles.